The summed E-state index contributed by atoms with van der Waals surface area (Å²) in [6.07, 6.45) is 0.873. The van der Waals surface area contributed by atoms with E-state index in [2.05, 4.69) is 10.6 Å². The van der Waals surface area contributed by atoms with Crippen molar-refractivity contribution in [1.29, 1.82) is 0 Å². The standard InChI is InChI=1S/C22H23N3O7S/c1-2-31-22(28)14-5-3-6-15(11-14)23-21(27)18-7-4-10-25(18)33(29,30)16-8-9-19-17(12-16)24-20(26)13-32-19/h3,5-6,8-9,11-12,18H,2,4,7,10,13H2,1H3,(H,23,27)(H,24,26)/t18-/m1/s1. The maximum Gasteiger partial charge on any atom is 0.338 e. The fourth-order valence-corrected chi connectivity index (χ4v) is 5.50. The first-order valence-electron chi connectivity index (χ1n) is 10.5. The van der Waals surface area contributed by atoms with E-state index in [4.69, 9.17) is 9.47 Å². The minimum atomic E-state index is -4.01. The van der Waals surface area contributed by atoms with Crippen LogP contribution in [0, 0.1) is 0 Å². The number of hydrogen-bond donors (Lipinski definition) is 2. The number of benzene rings is 2. The highest BCUT2D eigenvalue weighted by molar-refractivity contribution is 7.89. The number of fused-ring (bicyclic) bond motifs is 1. The normalized spacial score (nSPS) is 18.1. The number of esters is 1. The van der Waals surface area contributed by atoms with E-state index in [0.29, 0.717) is 24.3 Å². The molecule has 2 amide bonds. The second-order valence-electron chi connectivity index (χ2n) is 7.56. The summed E-state index contributed by atoms with van der Waals surface area (Å²) in [5, 5.41) is 5.29. The molecule has 1 saturated heterocycles. The summed E-state index contributed by atoms with van der Waals surface area (Å²) in [7, 11) is -4.01. The smallest absolute Gasteiger partial charge is 0.338 e. The predicted octanol–water partition coefficient (Wildman–Crippen LogP) is 1.99. The Hall–Kier alpha value is -3.44. The Labute approximate surface area is 190 Å². The van der Waals surface area contributed by atoms with Crippen molar-refractivity contribution in [3.05, 3.63) is 48.0 Å². The zero-order chi connectivity index (χ0) is 23.6. The number of nitrogens with one attached hydrogen (secondary N) is 2. The number of ether oxygens (including phenoxy) is 2. The summed E-state index contributed by atoms with van der Waals surface area (Å²) in [5.41, 5.74) is 0.913. The van der Waals surface area contributed by atoms with Crippen LogP contribution in [0.25, 0.3) is 0 Å². The Morgan fingerprint density at radius 1 is 1.24 bits per heavy atom. The lowest BCUT2D eigenvalue weighted by molar-refractivity contribution is -0.119. The number of hydrogen-bond acceptors (Lipinski definition) is 7. The molecule has 0 aromatic heterocycles. The molecule has 2 aromatic carbocycles. The van der Waals surface area contributed by atoms with Crippen LogP contribution in [0.3, 0.4) is 0 Å². The summed E-state index contributed by atoms with van der Waals surface area (Å²) in [5.74, 6) is -1.000. The van der Waals surface area contributed by atoms with Gasteiger partial charge < -0.3 is 20.1 Å². The summed E-state index contributed by atoms with van der Waals surface area (Å²) in [6, 6.07) is 9.56. The number of amides is 2. The first-order valence-corrected chi connectivity index (χ1v) is 11.9. The summed E-state index contributed by atoms with van der Waals surface area (Å²) in [4.78, 5) is 36.5. The zero-order valence-corrected chi connectivity index (χ0v) is 18.7. The predicted molar refractivity (Wildman–Crippen MR) is 119 cm³/mol. The van der Waals surface area contributed by atoms with Gasteiger partial charge in [0.1, 0.15) is 11.8 Å². The number of sulfonamides is 1. The van der Waals surface area contributed by atoms with Crippen LogP contribution in [-0.4, -0.2) is 56.3 Å². The molecular formula is C22H23N3O7S. The van der Waals surface area contributed by atoms with E-state index in [1.165, 1.54) is 24.3 Å². The molecule has 2 aliphatic rings. The van der Waals surface area contributed by atoms with Crippen LogP contribution in [0.15, 0.2) is 47.4 Å². The molecular weight excluding hydrogens is 450 g/mol. The Bertz CT molecular complexity index is 1210. The Morgan fingerprint density at radius 2 is 2.06 bits per heavy atom. The van der Waals surface area contributed by atoms with Gasteiger partial charge in [-0.15, -0.1) is 0 Å². The third-order valence-corrected chi connectivity index (χ3v) is 7.24. The highest BCUT2D eigenvalue weighted by Crippen LogP contribution is 2.33. The van der Waals surface area contributed by atoms with E-state index in [0.717, 1.165) is 4.31 Å². The minimum absolute atomic E-state index is 0.0453. The van der Waals surface area contributed by atoms with Crippen molar-refractivity contribution in [2.75, 3.05) is 30.4 Å². The van der Waals surface area contributed by atoms with E-state index in [-0.39, 0.29) is 41.8 Å². The lowest BCUT2D eigenvalue weighted by Gasteiger charge is -2.24. The van der Waals surface area contributed by atoms with E-state index < -0.39 is 27.9 Å². The Morgan fingerprint density at radius 3 is 2.85 bits per heavy atom. The van der Waals surface area contributed by atoms with Crippen molar-refractivity contribution in [2.45, 2.75) is 30.7 Å². The highest BCUT2D eigenvalue weighted by Gasteiger charge is 2.40. The van der Waals surface area contributed by atoms with E-state index in [9.17, 15) is 22.8 Å². The molecule has 1 atom stereocenters. The molecule has 0 spiro atoms. The van der Waals surface area contributed by atoms with Gasteiger partial charge >= 0.3 is 5.97 Å². The fourth-order valence-electron chi connectivity index (χ4n) is 3.81. The van der Waals surface area contributed by atoms with Gasteiger partial charge in [-0.25, -0.2) is 13.2 Å². The first kappa shape index (κ1) is 22.7. The highest BCUT2D eigenvalue weighted by atomic mass is 32.2. The van der Waals surface area contributed by atoms with E-state index in [1.54, 1.807) is 25.1 Å². The molecule has 2 aliphatic heterocycles. The van der Waals surface area contributed by atoms with Crippen LogP contribution >= 0.6 is 0 Å². The molecule has 4 rings (SSSR count). The molecule has 33 heavy (non-hydrogen) atoms. The second-order valence-corrected chi connectivity index (χ2v) is 9.45. The van der Waals surface area contributed by atoms with Gasteiger partial charge in [0.2, 0.25) is 15.9 Å². The van der Waals surface area contributed by atoms with E-state index in [1.807, 2.05) is 0 Å². The second kappa shape index (κ2) is 9.20. The molecule has 11 heteroatoms. The fraction of sp³-hybridized carbons (Fsp3) is 0.318. The molecule has 2 N–H and O–H groups in total. The van der Waals surface area contributed by atoms with Crippen LogP contribution in [0.1, 0.15) is 30.1 Å². The molecule has 2 aromatic rings. The number of nitrogens with zero attached hydrogens (tertiary/aromatic N) is 1. The van der Waals surface area contributed by atoms with Crippen molar-refractivity contribution < 1.29 is 32.3 Å². The Balaban J connectivity index is 1.53. The number of anilines is 2. The quantitative estimate of drug-likeness (QED) is 0.614. The third-order valence-electron chi connectivity index (χ3n) is 5.34. The maximum absolute atomic E-state index is 13.3. The van der Waals surface area contributed by atoms with Gasteiger partial charge in [-0.1, -0.05) is 6.07 Å². The summed E-state index contributed by atoms with van der Waals surface area (Å²) >= 11 is 0. The number of carbonyl (C=O) groups excluding carboxylic acids is 3. The van der Waals surface area contributed by atoms with Gasteiger partial charge in [-0.3, -0.25) is 9.59 Å². The van der Waals surface area contributed by atoms with Gasteiger partial charge in [-0.2, -0.15) is 4.31 Å². The molecule has 1 fully saturated rings. The maximum atomic E-state index is 13.3. The summed E-state index contributed by atoms with van der Waals surface area (Å²) in [6.45, 7) is 1.97. The third kappa shape index (κ3) is 4.69. The topological polar surface area (TPSA) is 131 Å². The molecule has 0 unspecified atom stereocenters. The van der Waals surface area contributed by atoms with Crippen LogP contribution in [0.5, 0.6) is 5.75 Å². The average Bonchev–Trinajstić information content (AvgIpc) is 3.30. The molecule has 174 valence electrons. The minimum Gasteiger partial charge on any atom is -0.482 e. The Kier molecular flexibility index (Phi) is 6.34. The molecule has 10 nitrogen and oxygen atoms in total. The van der Waals surface area contributed by atoms with Crippen LogP contribution in [0.4, 0.5) is 11.4 Å². The van der Waals surface area contributed by atoms with Gasteiger partial charge in [0.15, 0.2) is 6.61 Å². The lowest BCUT2D eigenvalue weighted by Crippen LogP contribution is -2.43. The summed E-state index contributed by atoms with van der Waals surface area (Å²) < 4.78 is 38.0. The van der Waals surface area contributed by atoms with Crippen LogP contribution < -0.4 is 15.4 Å². The number of rotatable bonds is 6. The molecule has 0 bridgehead atoms. The van der Waals surface area contributed by atoms with Crippen molar-refractivity contribution in [3.63, 3.8) is 0 Å². The first-order chi connectivity index (χ1) is 15.8. The molecule has 2 heterocycles. The van der Waals surface area contributed by atoms with Crippen molar-refractivity contribution in [2.24, 2.45) is 0 Å². The molecule has 0 aliphatic carbocycles. The van der Waals surface area contributed by atoms with Gasteiger partial charge in [-0.05, 0) is 56.2 Å². The van der Waals surface area contributed by atoms with Crippen LogP contribution in [0.2, 0.25) is 0 Å². The zero-order valence-electron chi connectivity index (χ0n) is 17.9. The largest absolute Gasteiger partial charge is 0.482 e. The van der Waals surface area contributed by atoms with E-state index >= 15 is 0 Å². The molecule has 0 saturated carbocycles. The number of carbonyl (C=O) groups is 3. The molecule has 0 radical (unpaired) electrons. The van der Waals surface area contributed by atoms with Gasteiger partial charge in [0.25, 0.3) is 5.91 Å². The van der Waals surface area contributed by atoms with Crippen molar-refractivity contribution in [1.82, 2.24) is 4.31 Å². The van der Waals surface area contributed by atoms with Gasteiger partial charge in [0, 0.05) is 12.2 Å². The van der Waals surface area contributed by atoms with Gasteiger partial charge in [0.05, 0.1) is 22.8 Å². The van der Waals surface area contributed by atoms with Crippen molar-refractivity contribution >= 4 is 39.2 Å². The monoisotopic (exact) mass is 473 g/mol. The SMILES string of the molecule is CCOC(=O)c1cccc(NC(=O)[C@H]2CCCN2S(=O)(=O)c2ccc3c(c2)NC(=O)CO3)c1. The van der Waals surface area contributed by atoms with Crippen molar-refractivity contribution in [3.8, 4) is 5.75 Å². The average molecular weight is 474 g/mol. The van der Waals surface area contributed by atoms with Crippen LogP contribution in [-0.2, 0) is 24.3 Å². The lowest BCUT2D eigenvalue weighted by atomic mass is 10.2.